The molecule has 1 atom stereocenters. The predicted molar refractivity (Wildman–Crippen MR) is 116 cm³/mol. The van der Waals surface area contributed by atoms with Crippen molar-refractivity contribution in [2.75, 3.05) is 17.3 Å². The normalized spacial score (nSPS) is 18.0. The van der Waals surface area contributed by atoms with E-state index in [0.29, 0.717) is 16.6 Å². The summed E-state index contributed by atoms with van der Waals surface area (Å²) in [5.74, 6) is 0.409. The van der Waals surface area contributed by atoms with Crippen molar-refractivity contribution >= 4 is 50.7 Å². The van der Waals surface area contributed by atoms with Crippen molar-refractivity contribution in [3.05, 3.63) is 51.8 Å². The maximum Gasteiger partial charge on any atom is 0.274 e. The van der Waals surface area contributed by atoms with Crippen molar-refractivity contribution in [3.63, 3.8) is 0 Å². The van der Waals surface area contributed by atoms with Crippen LogP contribution in [-0.2, 0) is 16.4 Å². The molecule has 156 valence electrons. The van der Waals surface area contributed by atoms with Crippen LogP contribution >= 0.6 is 35.0 Å². The SMILES string of the molecule is CCCSc1ncc(Cl)c(C(=O)N(Cc2cccc(Cl)c2)C2CCS(=O)(=O)C2)n1. The van der Waals surface area contributed by atoms with E-state index >= 15 is 0 Å². The lowest BCUT2D eigenvalue weighted by molar-refractivity contribution is 0.0674. The van der Waals surface area contributed by atoms with Crippen molar-refractivity contribution in [2.45, 2.75) is 37.5 Å². The second-order valence-electron chi connectivity index (χ2n) is 6.82. The Balaban J connectivity index is 1.94. The number of carbonyl (C=O) groups is 1. The Labute approximate surface area is 184 Å². The Hall–Kier alpha value is -1.35. The predicted octanol–water partition coefficient (Wildman–Crippen LogP) is 4.12. The maximum atomic E-state index is 13.4. The summed E-state index contributed by atoms with van der Waals surface area (Å²) >= 11 is 13.8. The number of rotatable bonds is 7. The molecule has 1 unspecified atom stereocenters. The van der Waals surface area contributed by atoms with Gasteiger partial charge in [-0.1, -0.05) is 54.0 Å². The van der Waals surface area contributed by atoms with Gasteiger partial charge in [0.15, 0.2) is 20.7 Å². The topological polar surface area (TPSA) is 80.2 Å². The second kappa shape index (κ2) is 9.64. The molecule has 1 aromatic heterocycles. The first kappa shape index (κ1) is 22.3. The number of thioether (sulfide) groups is 1. The number of nitrogens with zero attached hydrogens (tertiary/aromatic N) is 3. The van der Waals surface area contributed by atoms with Crippen molar-refractivity contribution in [1.29, 1.82) is 0 Å². The molecule has 1 aromatic carbocycles. The molecule has 29 heavy (non-hydrogen) atoms. The molecule has 1 aliphatic rings. The van der Waals surface area contributed by atoms with Crippen LogP contribution in [0.5, 0.6) is 0 Å². The highest BCUT2D eigenvalue weighted by atomic mass is 35.5. The van der Waals surface area contributed by atoms with E-state index in [9.17, 15) is 13.2 Å². The largest absolute Gasteiger partial charge is 0.329 e. The van der Waals surface area contributed by atoms with Gasteiger partial charge in [-0.2, -0.15) is 0 Å². The summed E-state index contributed by atoms with van der Waals surface area (Å²) in [5, 5.41) is 1.17. The molecule has 3 rings (SSSR count). The summed E-state index contributed by atoms with van der Waals surface area (Å²) in [6.45, 7) is 2.26. The third-order valence-corrected chi connectivity index (χ3v) is 7.84. The molecule has 1 aliphatic heterocycles. The Bertz CT molecular complexity index is 1000. The van der Waals surface area contributed by atoms with Gasteiger partial charge in [-0.25, -0.2) is 18.4 Å². The zero-order chi connectivity index (χ0) is 21.0. The number of amides is 1. The number of hydrogen-bond donors (Lipinski definition) is 0. The fraction of sp³-hybridized carbons (Fsp3) is 0.421. The summed E-state index contributed by atoms with van der Waals surface area (Å²) in [5.41, 5.74) is 0.896. The number of carbonyl (C=O) groups excluding carboxylic acids is 1. The fourth-order valence-electron chi connectivity index (χ4n) is 3.12. The highest BCUT2D eigenvalue weighted by Gasteiger charge is 2.36. The van der Waals surface area contributed by atoms with Gasteiger partial charge < -0.3 is 4.90 Å². The van der Waals surface area contributed by atoms with E-state index in [-0.39, 0.29) is 28.8 Å². The quantitative estimate of drug-likeness (QED) is 0.444. The van der Waals surface area contributed by atoms with Gasteiger partial charge in [0.1, 0.15) is 0 Å². The van der Waals surface area contributed by atoms with Gasteiger partial charge in [0.05, 0.1) is 22.7 Å². The first-order valence-electron chi connectivity index (χ1n) is 9.20. The summed E-state index contributed by atoms with van der Waals surface area (Å²) in [4.78, 5) is 23.5. The zero-order valence-electron chi connectivity index (χ0n) is 15.8. The number of benzene rings is 1. The highest BCUT2D eigenvalue weighted by Crippen LogP contribution is 2.26. The first-order valence-corrected chi connectivity index (χ1v) is 12.8. The van der Waals surface area contributed by atoms with Crippen LogP contribution in [0.15, 0.2) is 35.6 Å². The van der Waals surface area contributed by atoms with Crippen LogP contribution in [0.25, 0.3) is 0 Å². The third-order valence-electron chi connectivity index (χ3n) is 4.51. The second-order valence-corrected chi connectivity index (χ2v) is 11.0. The molecule has 0 bridgehead atoms. The monoisotopic (exact) mass is 473 g/mol. The lowest BCUT2D eigenvalue weighted by atomic mass is 10.1. The molecule has 0 aliphatic carbocycles. The average Bonchev–Trinajstić information content (AvgIpc) is 3.04. The smallest absolute Gasteiger partial charge is 0.274 e. The van der Waals surface area contributed by atoms with E-state index in [0.717, 1.165) is 17.7 Å². The van der Waals surface area contributed by atoms with Crippen LogP contribution in [0.1, 0.15) is 35.8 Å². The average molecular weight is 474 g/mol. The molecule has 0 saturated carbocycles. The number of sulfone groups is 1. The van der Waals surface area contributed by atoms with Gasteiger partial charge in [-0.15, -0.1) is 0 Å². The summed E-state index contributed by atoms with van der Waals surface area (Å²) in [6.07, 6.45) is 2.75. The summed E-state index contributed by atoms with van der Waals surface area (Å²) in [6, 6.07) is 6.71. The molecule has 1 amide bonds. The maximum absolute atomic E-state index is 13.4. The molecule has 6 nitrogen and oxygen atoms in total. The van der Waals surface area contributed by atoms with Crippen LogP contribution in [0, 0.1) is 0 Å². The van der Waals surface area contributed by atoms with E-state index in [1.54, 1.807) is 23.1 Å². The minimum Gasteiger partial charge on any atom is -0.329 e. The lowest BCUT2D eigenvalue weighted by Crippen LogP contribution is -2.41. The van der Waals surface area contributed by atoms with Crippen molar-refractivity contribution in [2.24, 2.45) is 0 Å². The molecule has 2 heterocycles. The number of halogens is 2. The third kappa shape index (κ3) is 5.84. The van der Waals surface area contributed by atoms with E-state index < -0.39 is 21.8 Å². The van der Waals surface area contributed by atoms with Crippen LogP contribution in [0.3, 0.4) is 0 Å². The minimum absolute atomic E-state index is 0.0616. The molecule has 0 radical (unpaired) electrons. The van der Waals surface area contributed by atoms with Gasteiger partial charge in [0.2, 0.25) is 0 Å². The molecule has 0 spiro atoms. The van der Waals surface area contributed by atoms with Crippen LogP contribution in [-0.4, -0.2) is 52.5 Å². The minimum atomic E-state index is -3.18. The van der Waals surface area contributed by atoms with Gasteiger partial charge in [-0.3, -0.25) is 4.79 Å². The summed E-state index contributed by atoms with van der Waals surface area (Å²) in [7, 11) is -3.18. The number of aromatic nitrogens is 2. The van der Waals surface area contributed by atoms with Crippen LogP contribution < -0.4 is 0 Å². The lowest BCUT2D eigenvalue weighted by Gasteiger charge is -2.28. The molecule has 2 aromatic rings. The Morgan fingerprint density at radius 2 is 2.14 bits per heavy atom. The molecular weight excluding hydrogens is 453 g/mol. The molecule has 0 N–H and O–H groups in total. The fourth-order valence-corrected chi connectivity index (χ4v) is 5.91. The molecule has 1 fully saturated rings. The van der Waals surface area contributed by atoms with Gasteiger partial charge in [0.25, 0.3) is 5.91 Å². The van der Waals surface area contributed by atoms with Crippen molar-refractivity contribution < 1.29 is 13.2 Å². The van der Waals surface area contributed by atoms with E-state index in [2.05, 4.69) is 9.97 Å². The van der Waals surface area contributed by atoms with E-state index in [1.807, 2.05) is 13.0 Å². The van der Waals surface area contributed by atoms with Gasteiger partial charge in [0, 0.05) is 23.4 Å². The van der Waals surface area contributed by atoms with Crippen LogP contribution in [0.2, 0.25) is 10.0 Å². The van der Waals surface area contributed by atoms with Crippen molar-refractivity contribution in [1.82, 2.24) is 14.9 Å². The van der Waals surface area contributed by atoms with E-state index in [4.69, 9.17) is 23.2 Å². The molecule has 1 saturated heterocycles. The van der Waals surface area contributed by atoms with Gasteiger partial charge in [-0.05, 0) is 30.5 Å². The Kier molecular flexibility index (Phi) is 7.42. The van der Waals surface area contributed by atoms with Gasteiger partial charge >= 0.3 is 0 Å². The Morgan fingerprint density at radius 3 is 2.79 bits per heavy atom. The zero-order valence-corrected chi connectivity index (χ0v) is 19.0. The standard InChI is InChI=1S/C19H21Cl2N3O3S2/c1-2-7-28-19-22-10-16(21)17(23-19)18(25)24(15-6-8-29(26,27)12-15)11-13-4-3-5-14(20)9-13/h3-5,9-10,15H,2,6-8,11-12H2,1H3. The summed E-state index contributed by atoms with van der Waals surface area (Å²) < 4.78 is 24.1. The highest BCUT2D eigenvalue weighted by molar-refractivity contribution is 7.99. The van der Waals surface area contributed by atoms with Crippen molar-refractivity contribution in [3.8, 4) is 0 Å². The molecular formula is C19H21Cl2N3O3S2. The first-order chi connectivity index (χ1) is 13.8. The molecule has 10 heteroatoms. The van der Waals surface area contributed by atoms with E-state index in [1.165, 1.54) is 18.0 Å². The number of hydrogen-bond acceptors (Lipinski definition) is 6. The Morgan fingerprint density at radius 1 is 1.34 bits per heavy atom. The van der Waals surface area contributed by atoms with Crippen LogP contribution in [0.4, 0.5) is 0 Å².